The Hall–Kier alpha value is -2.07. The number of fused-ring (bicyclic) bond motifs is 1. The molecule has 3 aromatic rings. The maximum absolute atomic E-state index is 5.92. The van der Waals surface area contributed by atoms with Gasteiger partial charge in [-0.15, -0.1) is 0 Å². The van der Waals surface area contributed by atoms with Gasteiger partial charge >= 0.3 is 0 Å². The number of methoxy groups -OCH3 is 1. The molecule has 0 spiro atoms. The third-order valence-electron chi connectivity index (χ3n) is 2.86. The van der Waals surface area contributed by atoms with Crippen LogP contribution in [0.1, 0.15) is 11.4 Å². The summed E-state index contributed by atoms with van der Waals surface area (Å²) < 4.78 is 6.83. The fourth-order valence-corrected chi connectivity index (χ4v) is 2.06. The van der Waals surface area contributed by atoms with Gasteiger partial charge in [-0.2, -0.15) is 5.10 Å². The van der Waals surface area contributed by atoms with Gasteiger partial charge < -0.3 is 4.74 Å². The molecule has 0 saturated heterocycles. The van der Waals surface area contributed by atoms with Crippen molar-refractivity contribution in [1.82, 2.24) is 14.6 Å². The summed E-state index contributed by atoms with van der Waals surface area (Å²) in [5, 5.41) is 5.05. The molecule has 2 heterocycles. The number of hydrogen-bond acceptors (Lipinski definition) is 3. The summed E-state index contributed by atoms with van der Waals surface area (Å²) in [5.74, 6) is 1.62. The first-order valence-corrected chi connectivity index (χ1v) is 6.26. The van der Waals surface area contributed by atoms with Gasteiger partial charge in [0.1, 0.15) is 5.75 Å². The molecule has 19 heavy (non-hydrogen) atoms. The molecule has 0 bridgehead atoms. The Bertz CT molecular complexity index is 706. The Morgan fingerprint density at radius 3 is 2.68 bits per heavy atom. The van der Waals surface area contributed by atoms with Crippen molar-refractivity contribution < 1.29 is 4.74 Å². The molecule has 0 aliphatic rings. The van der Waals surface area contributed by atoms with E-state index in [-0.39, 0.29) is 0 Å². The van der Waals surface area contributed by atoms with E-state index in [1.54, 1.807) is 17.8 Å². The molecule has 3 rings (SSSR count). The lowest BCUT2D eigenvalue weighted by Gasteiger charge is -2.00. The molecule has 0 unspecified atom stereocenters. The Morgan fingerprint density at radius 1 is 1.16 bits per heavy atom. The SMILES string of the molecule is COc1ccc(Cc2nc3ccc(Cl)cn3n2)cc1. The highest BCUT2D eigenvalue weighted by Gasteiger charge is 2.05. The number of rotatable bonds is 3. The molecular formula is C14H12ClN3O. The average molecular weight is 274 g/mol. The Morgan fingerprint density at radius 2 is 1.95 bits per heavy atom. The first kappa shape index (κ1) is 12.0. The van der Waals surface area contributed by atoms with Gasteiger partial charge in [0.25, 0.3) is 0 Å². The number of hydrogen-bond donors (Lipinski definition) is 0. The van der Waals surface area contributed by atoms with Crippen molar-refractivity contribution in [2.24, 2.45) is 0 Å². The zero-order valence-corrected chi connectivity index (χ0v) is 11.1. The summed E-state index contributed by atoms with van der Waals surface area (Å²) in [6, 6.07) is 11.6. The number of halogens is 1. The minimum Gasteiger partial charge on any atom is -0.497 e. The lowest BCUT2D eigenvalue weighted by molar-refractivity contribution is 0.414. The van der Waals surface area contributed by atoms with E-state index >= 15 is 0 Å². The summed E-state index contributed by atoms with van der Waals surface area (Å²) in [7, 11) is 1.66. The van der Waals surface area contributed by atoms with E-state index in [0.717, 1.165) is 22.8 Å². The number of aromatic nitrogens is 3. The number of pyridine rings is 1. The molecule has 0 N–H and O–H groups in total. The largest absolute Gasteiger partial charge is 0.497 e. The van der Waals surface area contributed by atoms with Crippen LogP contribution in [0.2, 0.25) is 5.02 Å². The van der Waals surface area contributed by atoms with E-state index in [2.05, 4.69) is 10.1 Å². The van der Waals surface area contributed by atoms with E-state index in [1.807, 2.05) is 36.4 Å². The molecule has 0 fully saturated rings. The standard InChI is InChI=1S/C14H12ClN3O/c1-19-12-5-2-10(3-6-12)8-13-16-14-7-4-11(15)9-18(14)17-13/h2-7,9H,8H2,1H3. The van der Waals surface area contributed by atoms with Crippen LogP contribution in [0, 0.1) is 0 Å². The van der Waals surface area contributed by atoms with Gasteiger partial charge in [-0.25, -0.2) is 9.50 Å². The maximum atomic E-state index is 5.92. The summed E-state index contributed by atoms with van der Waals surface area (Å²) in [6.45, 7) is 0. The molecule has 0 amide bonds. The van der Waals surface area contributed by atoms with E-state index in [4.69, 9.17) is 16.3 Å². The van der Waals surface area contributed by atoms with E-state index in [0.29, 0.717) is 11.4 Å². The fraction of sp³-hybridized carbons (Fsp3) is 0.143. The minimum absolute atomic E-state index is 0.647. The third kappa shape index (κ3) is 2.53. The summed E-state index contributed by atoms with van der Waals surface area (Å²) in [5.41, 5.74) is 1.94. The van der Waals surface area contributed by atoms with Crippen molar-refractivity contribution in [2.75, 3.05) is 7.11 Å². The van der Waals surface area contributed by atoms with Crippen LogP contribution in [0.3, 0.4) is 0 Å². The molecule has 4 nitrogen and oxygen atoms in total. The lowest BCUT2D eigenvalue weighted by Crippen LogP contribution is -1.92. The maximum Gasteiger partial charge on any atom is 0.156 e. The normalized spacial score (nSPS) is 10.8. The molecular weight excluding hydrogens is 262 g/mol. The first-order valence-electron chi connectivity index (χ1n) is 5.88. The molecule has 0 radical (unpaired) electrons. The van der Waals surface area contributed by atoms with Crippen molar-refractivity contribution >= 4 is 17.2 Å². The van der Waals surface area contributed by atoms with Crippen LogP contribution in [0.5, 0.6) is 5.75 Å². The van der Waals surface area contributed by atoms with Crippen molar-refractivity contribution in [3.63, 3.8) is 0 Å². The number of benzene rings is 1. The summed E-state index contributed by atoms with van der Waals surface area (Å²) in [4.78, 5) is 4.45. The highest BCUT2D eigenvalue weighted by molar-refractivity contribution is 6.30. The monoisotopic (exact) mass is 273 g/mol. The zero-order chi connectivity index (χ0) is 13.2. The van der Waals surface area contributed by atoms with Crippen molar-refractivity contribution in [1.29, 1.82) is 0 Å². The van der Waals surface area contributed by atoms with Crippen LogP contribution in [-0.2, 0) is 6.42 Å². The first-order chi connectivity index (χ1) is 9.24. The van der Waals surface area contributed by atoms with Crippen molar-refractivity contribution in [3.8, 4) is 5.75 Å². The Kier molecular flexibility index (Phi) is 3.09. The van der Waals surface area contributed by atoms with Gasteiger partial charge in [-0.3, -0.25) is 0 Å². The van der Waals surface area contributed by atoms with Crippen LogP contribution in [0.25, 0.3) is 5.65 Å². The van der Waals surface area contributed by atoms with Crippen LogP contribution in [0.4, 0.5) is 0 Å². The van der Waals surface area contributed by atoms with Crippen molar-refractivity contribution in [2.45, 2.75) is 6.42 Å². The van der Waals surface area contributed by atoms with Crippen LogP contribution < -0.4 is 4.74 Å². The third-order valence-corrected chi connectivity index (χ3v) is 3.08. The smallest absolute Gasteiger partial charge is 0.156 e. The summed E-state index contributed by atoms with van der Waals surface area (Å²) in [6.07, 6.45) is 2.44. The van der Waals surface area contributed by atoms with Gasteiger partial charge in [0, 0.05) is 12.6 Å². The van der Waals surface area contributed by atoms with Crippen LogP contribution in [0.15, 0.2) is 42.6 Å². The average Bonchev–Trinajstić information content (AvgIpc) is 2.81. The molecule has 0 aliphatic heterocycles. The second kappa shape index (κ2) is 4.90. The van der Waals surface area contributed by atoms with E-state index < -0.39 is 0 Å². The van der Waals surface area contributed by atoms with Crippen LogP contribution >= 0.6 is 11.6 Å². The zero-order valence-electron chi connectivity index (χ0n) is 10.4. The molecule has 0 aliphatic carbocycles. The Labute approximate surface area is 115 Å². The number of nitrogens with zero attached hydrogens (tertiary/aromatic N) is 3. The lowest BCUT2D eigenvalue weighted by atomic mass is 10.1. The van der Waals surface area contributed by atoms with Gasteiger partial charge in [0.05, 0.1) is 12.1 Å². The predicted octanol–water partition coefficient (Wildman–Crippen LogP) is 2.98. The highest BCUT2D eigenvalue weighted by atomic mass is 35.5. The quantitative estimate of drug-likeness (QED) is 0.736. The molecule has 1 aromatic carbocycles. The highest BCUT2D eigenvalue weighted by Crippen LogP contribution is 2.15. The van der Waals surface area contributed by atoms with Crippen molar-refractivity contribution in [3.05, 3.63) is 59.0 Å². The predicted molar refractivity (Wildman–Crippen MR) is 73.8 cm³/mol. The molecule has 0 saturated carbocycles. The van der Waals surface area contributed by atoms with Gasteiger partial charge in [-0.05, 0) is 29.8 Å². The fourth-order valence-electron chi connectivity index (χ4n) is 1.90. The van der Waals surface area contributed by atoms with E-state index in [1.165, 1.54) is 0 Å². The molecule has 0 atom stereocenters. The Balaban J connectivity index is 1.87. The molecule has 96 valence electrons. The molecule has 2 aromatic heterocycles. The van der Waals surface area contributed by atoms with Gasteiger partial charge in [-0.1, -0.05) is 23.7 Å². The minimum atomic E-state index is 0.647. The topological polar surface area (TPSA) is 39.4 Å². The second-order valence-electron chi connectivity index (χ2n) is 4.20. The molecule has 5 heteroatoms. The van der Waals surface area contributed by atoms with Crippen LogP contribution in [-0.4, -0.2) is 21.7 Å². The second-order valence-corrected chi connectivity index (χ2v) is 4.64. The van der Waals surface area contributed by atoms with E-state index in [9.17, 15) is 0 Å². The number of ether oxygens (including phenoxy) is 1. The summed E-state index contributed by atoms with van der Waals surface area (Å²) >= 11 is 5.92. The van der Waals surface area contributed by atoms with Gasteiger partial charge in [0.2, 0.25) is 0 Å². The van der Waals surface area contributed by atoms with Gasteiger partial charge in [0.15, 0.2) is 11.5 Å².